The Morgan fingerprint density at radius 3 is 2.43 bits per heavy atom. The van der Waals surface area contributed by atoms with Gasteiger partial charge in [-0.05, 0) is 23.5 Å². The SMILES string of the molecule is COc1cccc(CC(C)(C)C)c1N. The van der Waals surface area contributed by atoms with E-state index in [1.165, 1.54) is 0 Å². The number of hydrogen-bond donors (Lipinski definition) is 1. The van der Waals surface area contributed by atoms with Crippen molar-refractivity contribution in [1.29, 1.82) is 0 Å². The minimum absolute atomic E-state index is 0.250. The molecule has 0 fully saturated rings. The molecule has 0 spiro atoms. The fourth-order valence-corrected chi connectivity index (χ4v) is 1.49. The van der Waals surface area contributed by atoms with Crippen molar-refractivity contribution >= 4 is 5.69 Å². The second kappa shape index (κ2) is 3.91. The Kier molecular flexibility index (Phi) is 3.04. The molecule has 0 aliphatic heterocycles. The minimum Gasteiger partial charge on any atom is -0.495 e. The van der Waals surface area contributed by atoms with Crippen LogP contribution < -0.4 is 10.5 Å². The average Bonchev–Trinajstić information content (AvgIpc) is 2.06. The first-order valence-corrected chi connectivity index (χ1v) is 4.85. The number of benzene rings is 1. The molecule has 0 unspecified atom stereocenters. The number of methoxy groups -OCH3 is 1. The lowest BCUT2D eigenvalue weighted by Gasteiger charge is -2.20. The van der Waals surface area contributed by atoms with Crippen LogP contribution in [0.15, 0.2) is 18.2 Å². The van der Waals surface area contributed by atoms with E-state index in [1.54, 1.807) is 7.11 Å². The lowest BCUT2D eigenvalue weighted by atomic mass is 9.87. The molecule has 0 saturated carbocycles. The van der Waals surface area contributed by atoms with Gasteiger partial charge in [0.2, 0.25) is 0 Å². The van der Waals surface area contributed by atoms with Crippen LogP contribution >= 0.6 is 0 Å². The van der Waals surface area contributed by atoms with Crippen molar-refractivity contribution in [3.8, 4) is 5.75 Å². The number of nitrogen functional groups attached to an aromatic ring is 1. The maximum atomic E-state index is 5.98. The molecule has 2 nitrogen and oxygen atoms in total. The van der Waals surface area contributed by atoms with Crippen LogP contribution in [0.4, 0.5) is 5.69 Å². The predicted octanol–water partition coefficient (Wildman–Crippen LogP) is 2.87. The molecule has 0 radical (unpaired) electrons. The number of nitrogens with two attached hydrogens (primary N) is 1. The molecule has 0 saturated heterocycles. The highest BCUT2D eigenvalue weighted by Gasteiger charge is 2.14. The van der Waals surface area contributed by atoms with E-state index in [1.807, 2.05) is 12.1 Å². The zero-order valence-electron chi connectivity index (χ0n) is 9.42. The first kappa shape index (κ1) is 10.9. The number of rotatable bonds is 2. The summed E-state index contributed by atoms with van der Waals surface area (Å²) in [4.78, 5) is 0. The minimum atomic E-state index is 0.250. The molecule has 2 N–H and O–H groups in total. The molecule has 1 rings (SSSR count). The summed E-state index contributed by atoms with van der Waals surface area (Å²) in [6.45, 7) is 6.60. The summed E-state index contributed by atoms with van der Waals surface area (Å²) in [5.74, 6) is 0.770. The zero-order chi connectivity index (χ0) is 10.8. The molecule has 78 valence electrons. The third kappa shape index (κ3) is 2.66. The van der Waals surface area contributed by atoms with Gasteiger partial charge in [0.15, 0.2) is 0 Å². The molecular weight excluding hydrogens is 174 g/mol. The van der Waals surface area contributed by atoms with Crippen LogP contribution in [0.1, 0.15) is 26.3 Å². The highest BCUT2D eigenvalue weighted by atomic mass is 16.5. The first-order valence-electron chi connectivity index (χ1n) is 4.85. The van der Waals surface area contributed by atoms with Gasteiger partial charge in [-0.25, -0.2) is 0 Å². The quantitative estimate of drug-likeness (QED) is 0.733. The van der Waals surface area contributed by atoms with Crippen LogP contribution in [0, 0.1) is 5.41 Å². The Bertz CT molecular complexity index is 313. The van der Waals surface area contributed by atoms with Crippen molar-refractivity contribution in [3.63, 3.8) is 0 Å². The number of ether oxygens (including phenoxy) is 1. The van der Waals surface area contributed by atoms with E-state index < -0.39 is 0 Å². The predicted molar refractivity (Wildman–Crippen MR) is 60.6 cm³/mol. The molecule has 0 aliphatic carbocycles. The molecule has 0 bridgehead atoms. The third-order valence-corrected chi connectivity index (χ3v) is 2.10. The highest BCUT2D eigenvalue weighted by Crippen LogP contribution is 2.30. The van der Waals surface area contributed by atoms with Gasteiger partial charge in [0.1, 0.15) is 5.75 Å². The normalized spacial score (nSPS) is 11.4. The molecule has 0 heterocycles. The summed E-state index contributed by atoms with van der Waals surface area (Å²) < 4.78 is 5.18. The van der Waals surface area contributed by atoms with Crippen LogP contribution in [0.25, 0.3) is 0 Å². The van der Waals surface area contributed by atoms with Crippen LogP contribution in [0.2, 0.25) is 0 Å². The largest absolute Gasteiger partial charge is 0.495 e. The van der Waals surface area contributed by atoms with Gasteiger partial charge < -0.3 is 10.5 Å². The van der Waals surface area contributed by atoms with E-state index in [2.05, 4.69) is 26.8 Å². The molecule has 1 aromatic carbocycles. The number of hydrogen-bond acceptors (Lipinski definition) is 2. The van der Waals surface area contributed by atoms with Gasteiger partial charge in [0.25, 0.3) is 0 Å². The summed E-state index contributed by atoms with van der Waals surface area (Å²) in [7, 11) is 1.65. The average molecular weight is 193 g/mol. The molecule has 1 aromatic rings. The lowest BCUT2D eigenvalue weighted by molar-refractivity contribution is 0.404. The fraction of sp³-hybridized carbons (Fsp3) is 0.500. The summed E-state index contributed by atoms with van der Waals surface area (Å²) in [6, 6.07) is 5.93. The standard InChI is InChI=1S/C12H19NO/c1-12(2,3)8-9-6-5-7-10(14-4)11(9)13/h5-7H,8,13H2,1-4H3. The van der Waals surface area contributed by atoms with Crippen molar-refractivity contribution < 1.29 is 4.74 Å². The summed E-state index contributed by atoms with van der Waals surface area (Å²) in [6.07, 6.45) is 0.968. The molecule has 0 aliphatic rings. The lowest BCUT2D eigenvalue weighted by Crippen LogP contribution is -2.11. The maximum absolute atomic E-state index is 5.98. The zero-order valence-corrected chi connectivity index (χ0v) is 9.42. The topological polar surface area (TPSA) is 35.2 Å². The van der Waals surface area contributed by atoms with Gasteiger partial charge in [0, 0.05) is 0 Å². The van der Waals surface area contributed by atoms with Crippen molar-refractivity contribution in [2.75, 3.05) is 12.8 Å². The van der Waals surface area contributed by atoms with E-state index in [0.717, 1.165) is 23.4 Å². The second-order valence-corrected chi connectivity index (χ2v) is 4.77. The van der Waals surface area contributed by atoms with E-state index in [-0.39, 0.29) is 5.41 Å². The Balaban J connectivity index is 2.98. The van der Waals surface area contributed by atoms with E-state index >= 15 is 0 Å². The van der Waals surface area contributed by atoms with Gasteiger partial charge in [-0.15, -0.1) is 0 Å². The van der Waals surface area contributed by atoms with Gasteiger partial charge >= 0.3 is 0 Å². The van der Waals surface area contributed by atoms with Gasteiger partial charge in [0.05, 0.1) is 12.8 Å². The monoisotopic (exact) mass is 193 g/mol. The Morgan fingerprint density at radius 2 is 1.93 bits per heavy atom. The second-order valence-electron chi connectivity index (χ2n) is 4.77. The van der Waals surface area contributed by atoms with Crippen molar-refractivity contribution in [2.45, 2.75) is 27.2 Å². The summed E-state index contributed by atoms with van der Waals surface area (Å²) >= 11 is 0. The molecule has 14 heavy (non-hydrogen) atoms. The van der Waals surface area contributed by atoms with E-state index in [9.17, 15) is 0 Å². The Morgan fingerprint density at radius 1 is 1.29 bits per heavy atom. The number of anilines is 1. The molecule has 2 heteroatoms. The molecule has 0 amide bonds. The summed E-state index contributed by atoms with van der Waals surface area (Å²) in [5, 5.41) is 0. The van der Waals surface area contributed by atoms with E-state index in [0.29, 0.717) is 0 Å². The van der Waals surface area contributed by atoms with Crippen molar-refractivity contribution in [2.24, 2.45) is 5.41 Å². The van der Waals surface area contributed by atoms with Gasteiger partial charge in [-0.3, -0.25) is 0 Å². The molecule has 0 aromatic heterocycles. The Labute approximate surface area is 86.1 Å². The smallest absolute Gasteiger partial charge is 0.142 e. The molecule has 0 atom stereocenters. The van der Waals surface area contributed by atoms with Gasteiger partial charge in [-0.1, -0.05) is 32.9 Å². The first-order chi connectivity index (χ1) is 6.44. The van der Waals surface area contributed by atoms with Crippen LogP contribution in [-0.4, -0.2) is 7.11 Å². The van der Waals surface area contributed by atoms with Crippen LogP contribution in [0.5, 0.6) is 5.75 Å². The van der Waals surface area contributed by atoms with Crippen molar-refractivity contribution in [1.82, 2.24) is 0 Å². The number of para-hydroxylation sites is 1. The van der Waals surface area contributed by atoms with Gasteiger partial charge in [-0.2, -0.15) is 0 Å². The van der Waals surface area contributed by atoms with Crippen LogP contribution in [0.3, 0.4) is 0 Å². The third-order valence-electron chi connectivity index (χ3n) is 2.10. The Hall–Kier alpha value is -1.18. The highest BCUT2D eigenvalue weighted by molar-refractivity contribution is 5.58. The maximum Gasteiger partial charge on any atom is 0.142 e. The molecular formula is C12H19NO. The van der Waals surface area contributed by atoms with E-state index in [4.69, 9.17) is 10.5 Å². The van der Waals surface area contributed by atoms with Crippen LogP contribution in [-0.2, 0) is 6.42 Å². The fourth-order valence-electron chi connectivity index (χ4n) is 1.49. The van der Waals surface area contributed by atoms with Crippen molar-refractivity contribution in [3.05, 3.63) is 23.8 Å². The summed E-state index contributed by atoms with van der Waals surface area (Å²) in [5.41, 5.74) is 8.16.